The predicted molar refractivity (Wildman–Crippen MR) is 132 cm³/mol. The number of halogens is 4. The molecule has 1 aromatic carbocycles. The highest BCUT2D eigenvalue weighted by Gasteiger charge is 2.22. The SMILES string of the molecule is CC(C)(C)OCCC(c1ccc(-c2c(N)ccc(Cl)c2F)cn1)n1cc(-c2ccnn2C(F)F)cn1. The maximum Gasteiger partial charge on any atom is 0.333 e. The summed E-state index contributed by atoms with van der Waals surface area (Å²) in [7, 11) is 0. The van der Waals surface area contributed by atoms with Gasteiger partial charge in [-0.15, -0.1) is 0 Å². The number of hydrogen-bond donors (Lipinski definition) is 1. The summed E-state index contributed by atoms with van der Waals surface area (Å²) in [5.41, 5.74) is 7.90. The van der Waals surface area contributed by atoms with E-state index >= 15 is 0 Å². The Morgan fingerprint density at radius 2 is 1.83 bits per heavy atom. The zero-order valence-corrected chi connectivity index (χ0v) is 20.8. The van der Waals surface area contributed by atoms with Crippen LogP contribution in [0.25, 0.3) is 22.4 Å². The third-order valence-corrected chi connectivity index (χ3v) is 5.83. The van der Waals surface area contributed by atoms with Gasteiger partial charge in [0.1, 0.15) is 0 Å². The summed E-state index contributed by atoms with van der Waals surface area (Å²) in [4.78, 5) is 4.56. The maximum atomic E-state index is 14.6. The molecule has 0 aliphatic carbocycles. The van der Waals surface area contributed by atoms with E-state index in [2.05, 4.69) is 15.2 Å². The molecular weight excluding hydrogens is 493 g/mol. The van der Waals surface area contributed by atoms with Crippen molar-refractivity contribution in [3.8, 4) is 22.4 Å². The van der Waals surface area contributed by atoms with Gasteiger partial charge in [0.25, 0.3) is 0 Å². The van der Waals surface area contributed by atoms with Crippen LogP contribution in [0, 0.1) is 5.82 Å². The summed E-state index contributed by atoms with van der Waals surface area (Å²) in [5.74, 6) is -0.617. The van der Waals surface area contributed by atoms with Crippen LogP contribution in [0.2, 0.25) is 5.02 Å². The molecular formula is C25H26ClF3N6O. The Morgan fingerprint density at radius 3 is 2.50 bits per heavy atom. The van der Waals surface area contributed by atoms with Gasteiger partial charge in [0.05, 0.1) is 34.3 Å². The molecule has 190 valence electrons. The lowest BCUT2D eigenvalue weighted by atomic mass is 10.0. The first kappa shape index (κ1) is 25.7. The summed E-state index contributed by atoms with van der Waals surface area (Å²) < 4.78 is 49.5. The molecule has 1 unspecified atom stereocenters. The Bertz CT molecular complexity index is 1330. The molecule has 3 aromatic heterocycles. The van der Waals surface area contributed by atoms with Crippen molar-refractivity contribution in [3.05, 3.63) is 71.7 Å². The van der Waals surface area contributed by atoms with Crippen molar-refractivity contribution in [3.63, 3.8) is 0 Å². The highest BCUT2D eigenvalue weighted by Crippen LogP contribution is 2.34. The van der Waals surface area contributed by atoms with Crippen LogP contribution in [-0.2, 0) is 4.74 Å². The van der Waals surface area contributed by atoms with E-state index in [0.29, 0.717) is 34.5 Å². The molecule has 0 aliphatic rings. The Morgan fingerprint density at radius 1 is 1.06 bits per heavy atom. The van der Waals surface area contributed by atoms with E-state index in [1.807, 2.05) is 20.8 Å². The average molecular weight is 519 g/mol. The zero-order valence-electron chi connectivity index (χ0n) is 20.0. The molecule has 0 radical (unpaired) electrons. The molecule has 0 aliphatic heterocycles. The van der Waals surface area contributed by atoms with E-state index in [1.54, 1.807) is 23.0 Å². The molecule has 0 saturated heterocycles. The van der Waals surface area contributed by atoms with E-state index < -0.39 is 12.4 Å². The van der Waals surface area contributed by atoms with E-state index in [-0.39, 0.29) is 33.6 Å². The molecule has 0 amide bonds. The molecule has 7 nitrogen and oxygen atoms in total. The standard InChI is InChI=1S/C25H26ClF3N6O/c1-25(2,3)36-11-9-21(34-14-16(13-33-34)20-8-10-32-35(20)24(28)29)19-7-4-15(12-31-19)22-18(30)6-5-17(26)23(22)27/h4-8,10,12-14,21,24H,9,11,30H2,1-3H3. The van der Waals surface area contributed by atoms with Crippen LogP contribution in [0.4, 0.5) is 18.9 Å². The quantitative estimate of drug-likeness (QED) is 0.274. The highest BCUT2D eigenvalue weighted by molar-refractivity contribution is 6.31. The lowest BCUT2D eigenvalue weighted by molar-refractivity contribution is -0.00766. The number of alkyl halides is 2. The zero-order chi connectivity index (χ0) is 26.0. The number of rotatable bonds is 8. The monoisotopic (exact) mass is 518 g/mol. The van der Waals surface area contributed by atoms with Crippen molar-refractivity contribution < 1.29 is 17.9 Å². The number of nitrogens with two attached hydrogens (primary N) is 1. The predicted octanol–water partition coefficient (Wildman–Crippen LogP) is 6.37. The van der Waals surface area contributed by atoms with Crippen LogP contribution in [0.3, 0.4) is 0 Å². The van der Waals surface area contributed by atoms with Crippen LogP contribution in [0.15, 0.2) is 55.1 Å². The fourth-order valence-corrected chi connectivity index (χ4v) is 4.00. The van der Waals surface area contributed by atoms with Gasteiger partial charge in [-0.1, -0.05) is 17.7 Å². The summed E-state index contributed by atoms with van der Waals surface area (Å²) in [6.07, 6.45) is 6.51. The summed E-state index contributed by atoms with van der Waals surface area (Å²) in [5, 5.41) is 8.07. The third-order valence-electron chi connectivity index (χ3n) is 5.54. The van der Waals surface area contributed by atoms with E-state index in [4.69, 9.17) is 22.1 Å². The second-order valence-electron chi connectivity index (χ2n) is 9.21. The van der Waals surface area contributed by atoms with Gasteiger partial charge in [0, 0.05) is 47.6 Å². The van der Waals surface area contributed by atoms with Crippen molar-refractivity contribution in [2.24, 2.45) is 0 Å². The van der Waals surface area contributed by atoms with Crippen LogP contribution in [-0.4, -0.2) is 36.8 Å². The molecule has 0 fully saturated rings. The van der Waals surface area contributed by atoms with Crippen molar-refractivity contribution in [1.29, 1.82) is 0 Å². The fraction of sp³-hybridized carbons (Fsp3) is 0.320. The molecule has 1 atom stereocenters. The number of aromatic nitrogens is 5. The topological polar surface area (TPSA) is 83.8 Å². The Labute approximate surface area is 211 Å². The first-order chi connectivity index (χ1) is 17.0. The normalized spacial score (nSPS) is 12.9. The first-order valence-electron chi connectivity index (χ1n) is 11.2. The molecule has 0 saturated carbocycles. The van der Waals surface area contributed by atoms with Gasteiger partial charge >= 0.3 is 6.55 Å². The summed E-state index contributed by atoms with van der Waals surface area (Å²) in [6.45, 7) is 3.49. The largest absolute Gasteiger partial charge is 0.398 e. The Kier molecular flexibility index (Phi) is 7.37. The Balaban J connectivity index is 1.67. The van der Waals surface area contributed by atoms with Crippen LogP contribution >= 0.6 is 11.6 Å². The third kappa shape index (κ3) is 5.55. The number of nitrogen functional groups attached to an aromatic ring is 1. The lowest BCUT2D eigenvalue weighted by Gasteiger charge is -2.23. The number of benzene rings is 1. The van der Waals surface area contributed by atoms with Crippen molar-refractivity contribution in [2.45, 2.75) is 45.4 Å². The molecule has 4 aromatic rings. The van der Waals surface area contributed by atoms with Crippen LogP contribution in [0.5, 0.6) is 0 Å². The van der Waals surface area contributed by atoms with Gasteiger partial charge in [-0.05, 0) is 51.5 Å². The molecule has 11 heteroatoms. The highest BCUT2D eigenvalue weighted by atomic mass is 35.5. The molecule has 3 heterocycles. The van der Waals surface area contributed by atoms with Gasteiger partial charge in [0.2, 0.25) is 0 Å². The van der Waals surface area contributed by atoms with E-state index in [0.717, 1.165) is 0 Å². The minimum absolute atomic E-state index is 0.0346. The summed E-state index contributed by atoms with van der Waals surface area (Å²) >= 11 is 5.94. The smallest absolute Gasteiger partial charge is 0.333 e. The van der Waals surface area contributed by atoms with E-state index in [9.17, 15) is 13.2 Å². The minimum atomic E-state index is -2.78. The van der Waals surface area contributed by atoms with E-state index in [1.165, 1.54) is 36.8 Å². The molecule has 0 bridgehead atoms. The van der Waals surface area contributed by atoms with Gasteiger partial charge in [0.15, 0.2) is 5.82 Å². The van der Waals surface area contributed by atoms with Gasteiger partial charge in [-0.3, -0.25) is 9.67 Å². The molecule has 4 rings (SSSR count). The van der Waals surface area contributed by atoms with Gasteiger partial charge in [-0.25, -0.2) is 9.07 Å². The molecule has 2 N–H and O–H groups in total. The first-order valence-corrected chi connectivity index (χ1v) is 11.6. The number of anilines is 1. The number of hydrogen-bond acceptors (Lipinski definition) is 5. The van der Waals surface area contributed by atoms with Gasteiger partial charge in [-0.2, -0.15) is 19.0 Å². The Hall–Kier alpha value is -3.37. The second-order valence-corrected chi connectivity index (χ2v) is 9.62. The minimum Gasteiger partial charge on any atom is -0.398 e. The average Bonchev–Trinajstić information content (AvgIpc) is 3.49. The fourth-order valence-electron chi connectivity index (χ4n) is 3.84. The van der Waals surface area contributed by atoms with Gasteiger partial charge < -0.3 is 10.5 Å². The molecule has 0 spiro atoms. The van der Waals surface area contributed by atoms with Crippen molar-refractivity contribution in [2.75, 3.05) is 12.3 Å². The van der Waals surface area contributed by atoms with Crippen molar-refractivity contribution >= 4 is 17.3 Å². The number of ether oxygens (including phenoxy) is 1. The second kappa shape index (κ2) is 10.3. The number of nitrogens with zero attached hydrogens (tertiary/aromatic N) is 5. The number of pyridine rings is 1. The van der Waals surface area contributed by atoms with Crippen LogP contribution in [0.1, 0.15) is 45.5 Å². The maximum absolute atomic E-state index is 14.6. The lowest BCUT2D eigenvalue weighted by Crippen LogP contribution is -2.22. The van der Waals surface area contributed by atoms with Crippen LogP contribution < -0.4 is 5.73 Å². The summed E-state index contributed by atoms with van der Waals surface area (Å²) in [6, 6.07) is 7.53. The molecule has 36 heavy (non-hydrogen) atoms. The van der Waals surface area contributed by atoms with Crippen molar-refractivity contribution in [1.82, 2.24) is 24.5 Å².